The Bertz CT molecular complexity index is 469. The van der Waals surface area contributed by atoms with Crippen molar-refractivity contribution in [1.82, 2.24) is 4.98 Å². The zero-order valence-corrected chi connectivity index (χ0v) is 9.05. The summed E-state index contributed by atoms with van der Waals surface area (Å²) in [7, 11) is 0. The van der Waals surface area contributed by atoms with Crippen LogP contribution in [0.4, 0.5) is 0 Å². The molecule has 0 unspecified atom stereocenters. The van der Waals surface area contributed by atoms with Crippen molar-refractivity contribution in [3.05, 3.63) is 53.9 Å². The van der Waals surface area contributed by atoms with Gasteiger partial charge in [0.2, 0.25) is 0 Å². The van der Waals surface area contributed by atoms with Crippen molar-refractivity contribution in [3.8, 4) is 11.5 Å². The summed E-state index contributed by atoms with van der Waals surface area (Å²) in [5, 5.41) is 9.17. The van der Waals surface area contributed by atoms with Gasteiger partial charge in [-0.1, -0.05) is 18.2 Å². The number of benzene rings is 1. The average Bonchev–Trinajstić information content (AvgIpc) is 2.31. The SMILES string of the molecule is Cc1cc(Oc2ccccc2)c(CO)cn1. The molecule has 3 nitrogen and oxygen atoms in total. The minimum atomic E-state index is -0.0740. The lowest BCUT2D eigenvalue weighted by Gasteiger charge is -2.09. The maximum Gasteiger partial charge on any atom is 0.136 e. The molecule has 0 amide bonds. The molecular formula is C13H13NO2. The zero-order valence-electron chi connectivity index (χ0n) is 9.05. The van der Waals surface area contributed by atoms with Gasteiger partial charge in [-0.3, -0.25) is 4.98 Å². The Morgan fingerprint density at radius 2 is 2.00 bits per heavy atom. The summed E-state index contributed by atoms with van der Waals surface area (Å²) < 4.78 is 5.68. The predicted octanol–water partition coefficient (Wildman–Crippen LogP) is 2.67. The van der Waals surface area contributed by atoms with Crippen LogP contribution in [0.1, 0.15) is 11.3 Å². The van der Waals surface area contributed by atoms with E-state index in [0.29, 0.717) is 11.3 Å². The molecule has 1 aromatic carbocycles. The quantitative estimate of drug-likeness (QED) is 0.855. The molecule has 2 rings (SSSR count). The van der Waals surface area contributed by atoms with Gasteiger partial charge in [-0.2, -0.15) is 0 Å². The minimum Gasteiger partial charge on any atom is -0.457 e. The number of aliphatic hydroxyl groups is 1. The van der Waals surface area contributed by atoms with Crippen molar-refractivity contribution in [2.75, 3.05) is 0 Å². The van der Waals surface area contributed by atoms with Gasteiger partial charge in [0.25, 0.3) is 0 Å². The van der Waals surface area contributed by atoms with Crippen molar-refractivity contribution < 1.29 is 9.84 Å². The van der Waals surface area contributed by atoms with Crippen molar-refractivity contribution in [2.24, 2.45) is 0 Å². The number of pyridine rings is 1. The van der Waals surface area contributed by atoms with E-state index in [9.17, 15) is 0 Å². The molecule has 0 radical (unpaired) electrons. The second-order valence-corrected chi connectivity index (χ2v) is 3.51. The van der Waals surface area contributed by atoms with Crippen LogP contribution in [0.3, 0.4) is 0 Å². The van der Waals surface area contributed by atoms with Crippen molar-refractivity contribution in [3.63, 3.8) is 0 Å². The molecule has 1 aromatic heterocycles. The molecule has 0 aliphatic carbocycles. The summed E-state index contributed by atoms with van der Waals surface area (Å²) in [6.45, 7) is 1.81. The molecular weight excluding hydrogens is 202 g/mol. The number of aromatic nitrogens is 1. The Labute approximate surface area is 94.3 Å². The molecule has 3 heteroatoms. The van der Waals surface area contributed by atoms with Crippen LogP contribution in [0.5, 0.6) is 11.5 Å². The number of aryl methyl sites for hydroxylation is 1. The molecule has 82 valence electrons. The fourth-order valence-corrected chi connectivity index (χ4v) is 1.39. The fraction of sp³-hybridized carbons (Fsp3) is 0.154. The second-order valence-electron chi connectivity index (χ2n) is 3.51. The molecule has 1 heterocycles. The highest BCUT2D eigenvalue weighted by Gasteiger charge is 2.05. The highest BCUT2D eigenvalue weighted by Crippen LogP contribution is 2.25. The van der Waals surface area contributed by atoms with E-state index >= 15 is 0 Å². The van der Waals surface area contributed by atoms with Gasteiger partial charge < -0.3 is 9.84 Å². The third kappa shape index (κ3) is 2.38. The monoisotopic (exact) mass is 215 g/mol. The second kappa shape index (κ2) is 4.77. The number of hydrogen-bond acceptors (Lipinski definition) is 3. The van der Waals surface area contributed by atoms with Crippen LogP contribution in [0.25, 0.3) is 0 Å². The van der Waals surface area contributed by atoms with Crippen LogP contribution in [0, 0.1) is 6.92 Å². The van der Waals surface area contributed by atoms with E-state index in [1.807, 2.05) is 43.3 Å². The van der Waals surface area contributed by atoms with Crippen molar-refractivity contribution >= 4 is 0 Å². The highest BCUT2D eigenvalue weighted by atomic mass is 16.5. The fourth-order valence-electron chi connectivity index (χ4n) is 1.39. The van der Waals surface area contributed by atoms with E-state index in [2.05, 4.69) is 4.98 Å². The van der Waals surface area contributed by atoms with Crippen LogP contribution >= 0.6 is 0 Å². The standard InChI is InChI=1S/C13H13NO2/c1-10-7-13(11(9-15)8-14-10)16-12-5-3-2-4-6-12/h2-8,15H,9H2,1H3. The number of ether oxygens (including phenoxy) is 1. The topological polar surface area (TPSA) is 42.4 Å². The minimum absolute atomic E-state index is 0.0740. The first kappa shape index (κ1) is 10.6. The lowest BCUT2D eigenvalue weighted by atomic mass is 10.2. The summed E-state index contributed by atoms with van der Waals surface area (Å²) >= 11 is 0. The summed E-state index contributed by atoms with van der Waals surface area (Å²) in [5.41, 5.74) is 1.55. The Kier molecular flexibility index (Phi) is 3.17. The number of hydrogen-bond donors (Lipinski definition) is 1. The van der Waals surface area contributed by atoms with E-state index in [0.717, 1.165) is 11.4 Å². The van der Waals surface area contributed by atoms with Gasteiger partial charge in [0, 0.05) is 23.5 Å². The lowest BCUT2D eigenvalue weighted by molar-refractivity contribution is 0.276. The van der Waals surface area contributed by atoms with E-state index in [1.165, 1.54) is 0 Å². The normalized spacial score (nSPS) is 10.1. The van der Waals surface area contributed by atoms with Gasteiger partial charge >= 0.3 is 0 Å². The molecule has 0 bridgehead atoms. The highest BCUT2D eigenvalue weighted by molar-refractivity contribution is 5.37. The largest absolute Gasteiger partial charge is 0.457 e. The van der Waals surface area contributed by atoms with Gasteiger partial charge in [-0.05, 0) is 19.1 Å². The molecule has 1 N–H and O–H groups in total. The Morgan fingerprint density at radius 1 is 1.25 bits per heavy atom. The van der Waals surface area contributed by atoms with E-state index in [4.69, 9.17) is 9.84 Å². The Morgan fingerprint density at radius 3 is 2.69 bits per heavy atom. The molecule has 0 atom stereocenters. The molecule has 0 aliphatic heterocycles. The zero-order chi connectivity index (χ0) is 11.4. The summed E-state index contributed by atoms with van der Waals surface area (Å²) in [4.78, 5) is 4.11. The molecule has 0 aliphatic rings. The molecule has 2 aromatic rings. The van der Waals surface area contributed by atoms with Crippen LogP contribution in [0.15, 0.2) is 42.6 Å². The first-order valence-electron chi connectivity index (χ1n) is 5.09. The van der Waals surface area contributed by atoms with Crippen LogP contribution < -0.4 is 4.74 Å². The summed E-state index contributed by atoms with van der Waals surface area (Å²) in [6, 6.07) is 11.3. The van der Waals surface area contributed by atoms with Crippen molar-refractivity contribution in [2.45, 2.75) is 13.5 Å². The molecule has 0 saturated heterocycles. The lowest BCUT2D eigenvalue weighted by Crippen LogP contribution is -1.94. The molecule has 0 spiro atoms. The number of rotatable bonds is 3. The first-order valence-corrected chi connectivity index (χ1v) is 5.09. The first-order chi connectivity index (χ1) is 7.79. The molecule has 0 fully saturated rings. The predicted molar refractivity (Wildman–Crippen MR) is 61.4 cm³/mol. The summed E-state index contributed by atoms with van der Waals surface area (Å²) in [6.07, 6.45) is 1.63. The van der Waals surface area contributed by atoms with Gasteiger partial charge in [-0.25, -0.2) is 0 Å². The van der Waals surface area contributed by atoms with Gasteiger partial charge in [0.1, 0.15) is 11.5 Å². The van der Waals surface area contributed by atoms with Gasteiger partial charge in [-0.15, -0.1) is 0 Å². The summed E-state index contributed by atoms with van der Waals surface area (Å²) in [5.74, 6) is 1.41. The van der Waals surface area contributed by atoms with E-state index in [1.54, 1.807) is 6.20 Å². The van der Waals surface area contributed by atoms with E-state index < -0.39 is 0 Å². The van der Waals surface area contributed by atoms with Crippen molar-refractivity contribution in [1.29, 1.82) is 0 Å². The Balaban J connectivity index is 2.30. The maximum absolute atomic E-state index is 9.17. The number of nitrogens with zero attached hydrogens (tertiary/aromatic N) is 1. The van der Waals surface area contributed by atoms with Crippen LogP contribution in [-0.4, -0.2) is 10.1 Å². The third-order valence-corrected chi connectivity index (χ3v) is 2.22. The third-order valence-electron chi connectivity index (χ3n) is 2.22. The number of aliphatic hydroxyl groups excluding tert-OH is 1. The van der Waals surface area contributed by atoms with Crippen LogP contribution in [0.2, 0.25) is 0 Å². The smallest absolute Gasteiger partial charge is 0.136 e. The van der Waals surface area contributed by atoms with Gasteiger partial charge in [0.15, 0.2) is 0 Å². The van der Waals surface area contributed by atoms with Crippen LogP contribution in [-0.2, 0) is 6.61 Å². The maximum atomic E-state index is 9.17. The average molecular weight is 215 g/mol. The Hall–Kier alpha value is -1.87. The molecule has 0 saturated carbocycles. The van der Waals surface area contributed by atoms with E-state index in [-0.39, 0.29) is 6.61 Å². The number of para-hydroxylation sites is 1. The van der Waals surface area contributed by atoms with Gasteiger partial charge in [0.05, 0.1) is 6.61 Å². The molecule has 16 heavy (non-hydrogen) atoms.